The molecule has 0 saturated carbocycles. The van der Waals surface area contributed by atoms with Gasteiger partial charge in [-0.25, -0.2) is 0 Å². The van der Waals surface area contributed by atoms with E-state index in [1.807, 2.05) is 39.1 Å². The van der Waals surface area contributed by atoms with Crippen LogP contribution in [0.25, 0.3) is 0 Å². The fourth-order valence-corrected chi connectivity index (χ4v) is 2.70. The number of hydrogen-bond donors (Lipinski definition) is 2. The topological polar surface area (TPSA) is 59.8 Å². The van der Waals surface area contributed by atoms with Crippen LogP contribution in [0.4, 0.5) is 5.69 Å². The molecule has 1 aromatic rings. The van der Waals surface area contributed by atoms with Gasteiger partial charge < -0.3 is 15.1 Å². The lowest BCUT2D eigenvalue weighted by Gasteiger charge is -2.38. The van der Waals surface area contributed by atoms with Crippen LogP contribution in [0.15, 0.2) is 18.3 Å². The molecule has 2 N–H and O–H groups in total. The molecular formula is C16H27N3O2. The maximum absolute atomic E-state index is 9.87. The van der Waals surface area contributed by atoms with Gasteiger partial charge in [-0.2, -0.15) is 0 Å². The molecular weight excluding hydrogens is 266 g/mol. The molecule has 1 saturated heterocycles. The largest absolute Gasteiger partial charge is 0.389 e. The van der Waals surface area contributed by atoms with Crippen molar-refractivity contribution in [2.24, 2.45) is 0 Å². The summed E-state index contributed by atoms with van der Waals surface area (Å²) in [6.45, 7) is 10.1. The molecule has 0 aliphatic carbocycles. The van der Waals surface area contributed by atoms with Gasteiger partial charge in [0.1, 0.15) is 0 Å². The van der Waals surface area contributed by atoms with E-state index < -0.39 is 11.7 Å². The maximum atomic E-state index is 9.87. The van der Waals surface area contributed by atoms with E-state index in [9.17, 15) is 10.2 Å². The fraction of sp³-hybridized carbons (Fsp3) is 0.688. The molecule has 5 heteroatoms. The summed E-state index contributed by atoms with van der Waals surface area (Å²) in [5, 5.41) is 19.6. The molecule has 2 heterocycles. The van der Waals surface area contributed by atoms with Crippen molar-refractivity contribution in [3.05, 3.63) is 24.0 Å². The Labute approximate surface area is 127 Å². The molecule has 0 aromatic carbocycles. The number of nitrogens with zero attached hydrogens (tertiary/aromatic N) is 3. The van der Waals surface area contributed by atoms with Gasteiger partial charge in [0.15, 0.2) is 0 Å². The summed E-state index contributed by atoms with van der Waals surface area (Å²) < 4.78 is 0. The molecule has 1 aliphatic heterocycles. The summed E-state index contributed by atoms with van der Waals surface area (Å²) in [5.41, 5.74) is 1.20. The molecule has 21 heavy (non-hydrogen) atoms. The third-order valence-corrected chi connectivity index (χ3v) is 3.85. The lowest BCUT2D eigenvalue weighted by molar-refractivity contribution is 0.0345. The van der Waals surface area contributed by atoms with Gasteiger partial charge in [0, 0.05) is 32.7 Å². The quantitative estimate of drug-likeness (QED) is 0.860. The standard InChI is InChI=1S/C16H27N3O2/c1-4-15(20)14-6-5-13(11-17-14)19-9-7-18(8-10-19)12-16(2,3)21/h5-6,11,15,20-21H,4,7-10,12H2,1-3H3. The monoisotopic (exact) mass is 293 g/mol. The summed E-state index contributed by atoms with van der Waals surface area (Å²) in [7, 11) is 0. The Bertz CT molecular complexity index is 434. The first-order valence-corrected chi connectivity index (χ1v) is 7.73. The molecule has 1 aliphatic rings. The van der Waals surface area contributed by atoms with E-state index in [2.05, 4.69) is 14.8 Å². The molecule has 2 rings (SSSR count). The highest BCUT2D eigenvalue weighted by Gasteiger charge is 2.23. The van der Waals surface area contributed by atoms with E-state index in [0.717, 1.165) is 37.6 Å². The number of aliphatic hydroxyl groups excluding tert-OH is 1. The Balaban J connectivity index is 1.90. The first kappa shape index (κ1) is 16.2. The third kappa shape index (κ3) is 4.66. The number of piperazine rings is 1. The van der Waals surface area contributed by atoms with Crippen molar-refractivity contribution in [1.29, 1.82) is 0 Å². The average Bonchev–Trinajstić information content (AvgIpc) is 2.46. The number of anilines is 1. The predicted octanol–water partition coefficient (Wildman–Crippen LogP) is 1.42. The number of rotatable bonds is 5. The summed E-state index contributed by atoms with van der Waals surface area (Å²) in [6, 6.07) is 3.94. The van der Waals surface area contributed by atoms with Crippen molar-refractivity contribution in [1.82, 2.24) is 9.88 Å². The molecule has 1 unspecified atom stereocenters. The average molecular weight is 293 g/mol. The van der Waals surface area contributed by atoms with Gasteiger partial charge in [0.2, 0.25) is 0 Å². The Morgan fingerprint density at radius 1 is 1.24 bits per heavy atom. The normalized spacial score (nSPS) is 18.8. The Morgan fingerprint density at radius 3 is 2.38 bits per heavy atom. The maximum Gasteiger partial charge on any atom is 0.0957 e. The van der Waals surface area contributed by atoms with Crippen LogP contribution in [0.5, 0.6) is 0 Å². The van der Waals surface area contributed by atoms with Crippen molar-refractivity contribution in [2.45, 2.75) is 38.9 Å². The van der Waals surface area contributed by atoms with Crippen LogP contribution in [-0.2, 0) is 0 Å². The van der Waals surface area contributed by atoms with Crippen molar-refractivity contribution in [3.63, 3.8) is 0 Å². The second kappa shape index (κ2) is 6.73. The van der Waals surface area contributed by atoms with E-state index in [0.29, 0.717) is 13.0 Å². The van der Waals surface area contributed by atoms with E-state index in [1.54, 1.807) is 0 Å². The molecule has 1 atom stereocenters. The second-order valence-electron chi connectivity index (χ2n) is 6.44. The summed E-state index contributed by atoms with van der Waals surface area (Å²) >= 11 is 0. The zero-order valence-corrected chi connectivity index (χ0v) is 13.3. The highest BCUT2D eigenvalue weighted by Crippen LogP contribution is 2.20. The molecule has 1 fully saturated rings. The number of hydrogen-bond acceptors (Lipinski definition) is 5. The van der Waals surface area contributed by atoms with Crippen molar-refractivity contribution in [2.75, 3.05) is 37.6 Å². The second-order valence-corrected chi connectivity index (χ2v) is 6.44. The van der Waals surface area contributed by atoms with Gasteiger partial charge in [-0.05, 0) is 32.4 Å². The van der Waals surface area contributed by atoms with Gasteiger partial charge in [-0.3, -0.25) is 9.88 Å². The zero-order chi connectivity index (χ0) is 15.5. The van der Waals surface area contributed by atoms with Gasteiger partial charge in [-0.1, -0.05) is 6.92 Å². The van der Waals surface area contributed by atoms with Crippen LogP contribution >= 0.6 is 0 Å². The summed E-state index contributed by atoms with van der Waals surface area (Å²) in [6.07, 6.45) is 2.06. The first-order valence-electron chi connectivity index (χ1n) is 7.73. The van der Waals surface area contributed by atoms with Crippen LogP contribution < -0.4 is 4.90 Å². The Kier molecular flexibility index (Phi) is 5.19. The third-order valence-electron chi connectivity index (χ3n) is 3.85. The van der Waals surface area contributed by atoms with Crippen molar-refractivity contribution >= 4 is 5.69 Å². The van der Waals surface area contributed by atoms with Crippen molar-refractivity contribution < 1.29 is 10.2 Å². The van der Waals surface area contributed by atoms with E-state index in [4.69, 9.17) is 0 Å². The minimum Gasteiger partial charge on any atom is -0.389 e. The Morgan fingerprint density at radius 2 is 1.90 bits per heavy atom. The lowest BCUT2D eigenvalue weighted by atomic mass is 10.1. The number of aromatic nitrogens is 1. The van der Waals surface area contributed by atoms with Crippen molar-refractivity contribution in [3.8, 4) is 0 Å². The van der Waals surface area contributed by atoms with Crippen LogP contribution in [0.3, 0.4) is 0 Å². The molecule has 1 aromatic heterocycles. The van der Waals surface area contributed by atoms with E-state index >= 15 is 0 Å². The molecule has 0 amide bonds. The highest BCUT2D eigenvalue weighted by atomic mass is 16.3. The first-order chi connectivity index (χ1) is 9.89. The van der Waals surface area contributed by atoms with Crippen LogP contribution in [0.1, 0.15) is 39.0 Å². The molecule has 0 bridgehead atoms. The molecule has 118 valence electrons. The number of aliphatic hydroxyl groups is 2. The minimum absolute atomic E-state index is 0.470. The minimum atomic E-state index is -0.637. The number of β-amino-alcohol motifs (C(OH)–C–C–N with tert-alkyl or cyclic N) is 1. The number of pyridine rings is 1. The summed E-state index contributed by atoms with van der Waals surface area (Å²) in [4.78, 5) is 8.95. The smallest absolute Gasteiger partial charge is 0.0957 e. The Hall–Kier alpha value is -1.17. The van der Waals surface area contributed by atoms with E-state index in [-0.39, 0.29) is 0 Å². The van der Waals surface area contributed by atoms with E-state index in [1.165, 1.54) is 0 Å². The van der Waals surface area contributed by atoms with Gasteiger partial charge >= 0.3 is 0 Å². The van der Waals surface area contributed by atoms with Gasteiger partial charge in [0.25, 0.3) is 0 Å². The summed E-state index contributed by atoms with van der Waals surface area (Å²) in [5.74, 6) is 0. The fourth-order valence-electron chi connectivity index (χ4n) is 2.70. The lowest BCUT2D eigenvalue weighted by Crippen LogP contribution is -2.50. The highest BCUT2D eigenvalue weighted by molar-refractivity contribution is 5.45. The van der Waals surface area contributed by atoms with Gasteiger partial charge in [0.05, 0.1) is 29.3 Å². The molecule has 5 nitrogen and oxygen atoms in total. The molecule has 0 radical (unpaired) electrons. The van der Waals surface area contributed by atoms with Gasteiger partial charge in [-0.15, -0.1) is 0 Å². The molecule has 0 spiro atoms. The van der Waals surface area contributed by atoms with Crippen LogP contribution in [0.2, 0.25) is 0 Å². The predicted molar refractivity (Wildman–Crippen MR) is 84.4 cm³/mol. The zero-order valence-electron chi connectivity index (χ0n) is 13.3. The SMILES string of the molecule is CCC(O)c1ccc(N2CCN(CC(C)(C)O)CC2)cn1. The van der Waals surface area contributed by atoms with Crippen LogP contribution in [-0.4, -0.2) is 58.4 Å². The van der Waals surface area contributed by atoms with Crippen LogP contribution in [0, 0.1) is 0 Å².